The van der Waals surface area contributed by atoms with E-state index in [0.717, 1.165) is 21.6 Å². The number of rotatable bonds is 8. The van der Waals surface area contributed by atoms with E-state index < -0.39 is 29.2 Å². The predicted octanol–water partition coefficient (Wildman–Crippen LogP) is 4.58. The number of halogens is 1. The maximum absolute atomic E-state index is 13.0. The minimum Gasteiger partial charge on any atom is -0.351 e. The maximum atomic E-state index is 13.0. The number of benzene rings is 2. The van der Waals surface area contributed by atoms with Crippen molar-refractivity contribution in [3.8, 4) is 0 Å². The summed E-state index contributed by atoms with van der Waals surface area (Å²) >= 11 is 6.20. The number of anilines is 1. The molecule has 1 fully saturated rings. The molecular formula is C29H30ClN3O4. The average Bonchev–Trinajstić information content (AvgIpc) is 3.09. The van der Waals surface area contributed by atoms with Gasteiger partial charge in [0.2, 0.25) is 5.91 Å². The summed E-state index contributed by atoms with van der Waals surface area (Å²) in [5.74, 6) is -1.40. The van der Waals surface area contributed by atoms with Gasteiger partial charge in [0.15, 0.2) is 0 Å². The first-order valence-corrected chi connectivity index (χ1v) is 12.5. The fourth-order valence-electron chi connectivity index (χ4n) is 4.68. The summed E-state index contributed by atoms with van der Waals surface area (Å²) in [7, 11) is 0. The number of ketones is 1. The lowest BCUT2D eigenvalue weighted by Crippen LogP contribution is -2.52. The highest BCUT2D eigenvalue weighted by molar-refractivity contribution is 6.31. The molecule has 2 heterocycles. The number of piperidine rings is 1. The lowest BCUT2D eigenvalue weighted by atomic mass is 9.79. The van der Waals surface area contributed by atoms with Crippen LogP contribution in [0, 0.1) is 6.92 Å². The first-order chi connectivity index (χ1) is 17.4. The van der Waals surface area contributed by atoms with Crippen LogP contribution < -0.4 is 10.6 Å². The van der Waals surface area contributed by atoms with Gasteiger partial charge < -0.3 is 10.6 Å². The number of hydrogen-bond acceptors (Lipinski definition) is 5. The lowest BCUT2D eigenvalue weighted by Gasteiger charge is -2.30. The molecule has 1 atom stereocenters. The molecule has 0 bridgehead atoms. The summed E-state index contributed by atoms with van der Waals surface area (Å²) in [4.78, 5) is 51.8. The molecule has 0 aromatic heterocycles. The second kappa shape index (κ2) is 10.3. The van der Waals surface area contributed by atoms with Gasteiger partial charge in [-0.1, -0.05) is 56.3 Å². The van der Waals surface area contributed by atoms with Crippen LogP contribution in [0.2, 0.25) is 5.02 Å². The van der Waals surface area contributed by atoms with Crippen LogP contribution in [0.25, 0.3) is 0 Å². The third-order valence-corrected chi connectivity index (χ3v) is 7.20. The number of amides is 3. The molecule has 0 radical (unpaired) electrons. The summed E-state index contributed by atoms with van der Waals surface area (Å²) in [6.45, 7) is 9.64. The SMILES string of the molecule is C=C1CCC(N2C(=O)C=C(Nc3cccc(C(C)(C)CC(=O)Cc4ccc(C)c(Cl)c4)c3)C2=O)C(=O)N1. The zero-order valence-electron chi connectivity index (χ0n) is 21.2. The third kappa shape index (κ3) is 5.83. The Hall–Kier alpha value is -3.71. The van der Waals surface area contributed by atoms with Gasteiger partial charge in [-0.2, -0.15) is 0 Å². The largest absolute Gasteiger partial charge is 0.351 e. The fourth-order valence-corrected chi connectivity index (χ4v) is 4.89. The van der Waals surface area contributed by atoms with Crippen LogP contribution in [0.4, 0.5) is 5.69 Å². The smallest absolute Gasteiger partial charge is 0.278 e. The molecule has 3 amide bonds. The number of aryl methyl sites for hydroxylation is 1. The molecule has 0 spiro atoms. The van der Waals surface area contributed by atoms with Gasteiger partial charge in [-0.05, 0) is 60.1 Å². The molecule has 0 aliphatic carbocycles. The average molecular weight is 520 g/mol. The van der Waals surface area contributed by atoms with E-state index in [1.165, 1.54) is 6.08 Å². The van der Waals surface area contributed by atoms with E-state index in [-0.39, 0.29) is 11.5 Å². The van der Waals surface area contributed by atoms with E-state index in [9.17, 15) is 19.2 Å². The number of nitrogens with one attached hydrogen (secondary N) is 2. The molecule has 1 saturated heterocycles. The van der Waals surface area contributed by atoms with Crippen molar-refractivity contribution in [2.24, 2.45) is 0 Å². The van der Waals surface area contributed by atoms with Crippen LogP contribution in [0.5, 0.6) is 0 Å². The zero-order valence-corrected chi connectivity index (χ0v) is 21.9. The minimum atomic E-state index is -0.860. The molecule has 37 heavy (non-hydrogen) atoms. The number of carbonyl (C=O) groups is 4. The van der Waals surface area contributed by atoms with Crippen molar-refractivity contribution in [2.45, 2.75) is 57.9 Å². The molecule has 2 N–H and O–H groups in total. The highest BCUT2D eigenvalue weighted by Crippen LogP contribution is 2.31. The summed E-state index contributed by atoms with van der Waals surface area (Å²) < 4.78 is 0. The summed E-state index contributed by atoms with van der Waals surface area (Å²) in [5, 5.41) is 6.29. The molecule has 192 valence electrons. The number of nitrogens with zero attached hydrogens (tertiary/aromatic N) is 1. The zero-order chi connectivity index (χ0) is 26.9. The van der Waals surface area contributed by atoms with Crippen LogP contribution in [0.15, 0.2) is 66.5 Å². The maximum Gasteiger partial charge on any atom is 0.278 e. The Morgan fingerprint density at radius 1 is 1.19 bits per heavy atom. The Kier molecular flexibility index (Phi) is 7.37. The quantitative estimate of drug-likeness (QED) is 0.497. The topological polar surface area (TPSA) is 95.6 Å². The van der Waals surface area contributed by atoms with Crippen LogP contribution in [0.3, 0.4) is 0 Å². The second-order valence-electron chi connectivity index (χ2n) is 10.3. The van der Waals surface area contributed by atoms with E-state index in [1.54, 1.807) is 6.07 Å². The molecule has 1 unspecified atom stereocenters. The molecule has 2 aromatic carbocycles. The van der Waals surface area contributed by atoms with Crippen molar-refractivity contribution in [2.75, 3.05) is 5.32 Å². The van der Waals surface area contributed by atoms with Gasteiger partial charge in [-0.15, -0.1) is 0 Å². The number of Topliss-reactive ketones (excluding diaryl/α,β-unsaturated/α-hetero) is 1. The van der Waals surface area contributed by atoms with E-state index in [4.69, 9.17) is 11.6 Å². The molecule has 7 nitrogen and oxygen atoms in total. The minimum absolute atomic E-state index is 0.0895. The third-order valence-electron chi connectivity index (χ3n) is 6.79. The van der Waals surface area contributed by atoms with Crippen molar-refractivity contribution in [3.63, 3.8) is 0 Å². The van der Waals surface area contributed by atoms with Gasteiger partial charge in [-0.25, -0.2) is 0 Å². The van der Waals surface area contributed by atoms with E-state index in [2.05, 4.69) is 17.2 Å². The van der Waals surface area contributed by atoms with Gasteiger partial charge in [-0.3, -0.25) is 24.1 Å². The Balaban J connectivity index is 1.44. The Morgan fingerprint density at radius 3 is 2.65 bits per heavy atom. The van der Waals surface area contributed by atoms with Crippen molar-refractivity contribution < 1.29 is 19.2 Å². The van der Waals surface area contributed by atoms with Crippen LogP contribution in [0.1, 0.15) is 49.8 Å². The summed E-state index contributed by atoms with van der Waals surface area (Å²) in [5.41, 5.74) is 3.57. The molecular weight excluding hydrogens is 490 g/mol. The monoisotopic (exact) mass is 519 g/mol. The highest BCUT2D eigenvalue weighted by atomic mass is 35.5. The summed E-state index contributed by atoms with van der Waals surface area (Å²) in [6.07, 6.45) is 2.67. The van der Waals surface area contributed by atoms with Crippen molar-refractivity contribution in [3.05, 3.63) is 88.2 Å². The van der Waals surface area contributed by atoms with Gasteiger partial charge in [0.25, 0.3) is 11.8 Å². The number of allylic oxidation sites excluding steroid dienone is 1. The summed E-state index contributed by atoms with van der Waals surface area (Å²) in [6, 6.07) is 12.2. The number of carbonyl (C=O) groups excluding carboxylic acids is 4. The van der Waals surface area contributed by atoms with Crippen LogP contribution in [-0.4, -0.2) is 34.4 Å². The van der Waals surface area contributed by atoms with Crippen molar-refractivity contribution in [1.82, 2.24) is 10.2 Å². The van der Waals surface area contributed by atoms with Gasteiger partial charge in [0, 0.05) is 35.3 Å². The Bertz CT molecular complexity index is 1340. The van der Waals surface area contributed by atoms with Gasteiger partial charge >= 0.3 is 0 Å². The molecule has 8 heteroatoms. The normalized spacial score (nSPS) is 18.1. The van der Waals surface area contributed by atoms with Crippen molar-refractivity contribution >= 4 is 40.8 Å². The van der Waals surface area contributed by atoms with Crippen LogP contribution in [-0.2, 0) is 31.0 Å². The van der Waals surface area contributed by atoms with E-state index >= 15 is 0 Å². The number of hydrogen-bond donors (Lipinski definition) is 2. The molecule has 2 aliphatic heterocycles. The first-order valence-electron chi connectivity index (χ1n) is 12.2. The standard InChI is InChI=1S/C29H30ClN3O4/c1-17-8-10-19(13-23(17)30)12-22(34)16-29(3,4)20-6-5-7-21(14-20)32-24-15-26(35)33(28(24)37)25-11-9-18(2)31-27(25)36/h5-8,10,13-15,25,32H,2,9,11-12,16H2,1,3-4H3,(H,31,36). The Morgan fingerprint density at radius 2 is 1.95 bits per heavy atom. The first kappa shape index (κ1) is 26.4. The highest BCUT2D eigenvalue weighted by Gasteiger charge is 2.41. The molecule has 2 aliphatic rings. The van der Waals surface area contributed by atoms with Gasteiger partial charge in [0.1, 0.15) is 17.5 Å². The Labute approximate surface area is 221 Å². The van der Waals surface area contributed by atoms with E-state index in [1.807, 2.05) is 57.2 Å². The van der Waals surface area contributed by atoms with Crippen LogP contribution >= 0.6 is 11.6 Å². The predicted molar refractivity (Wildman–Crippen MR) is 143 cm³/mol. The molecule has 4 rings (SSSR count). The molecule has 2 aromatic rings. The van der Waals surface area contributed by atoms with E-state index in [0.29, 0.717) is 42.1 Å². The number of imide groups is 1. The lowest BCUT2D eigenvalue weighted by molar-refractivity contribution is -0.146. The van der Waals surface area contributed by atoms with Crippen molar-refractivity contribution in [1.29, 1.82) is 0 Å². The van der Waals surface area contributed by atoms with Gasteiger partial charge in [0.05, 0.1) is 0 Å². The fraction of sp³-hybridized carbons (Fsp3) is 0.310. The molecule has 0 saturated carbocycles. The second-order valence-corrected chi connectivity index (χ2v) is 10.7.